The van der Waals surface area contributed by atoms with Crippen molar-refractivity contribution in [3.05, 3.63) is 52.1 Å². The van der Waals surface area contributed by atoms with Gasteiger partial charge in [-0.15, -0.1) is 0 Å². The average molecular weight is 389 g/mol. The van der Waals surface area contributed by atoms with Crippen LogP contribution in [-0.2, 0) is 4.79 Å². The number of hydrogen-bond donors (Lipinski definition) is 2. The number of phenolic OH excluding ortho intramolecular Hbond substituents is 1. The van der Waals surface area contributed by atoms with Crippen LogP contribution in [0.15, 0.2) is 41.5 Å². The summed E-state index contributed by atoms with van der Waals surface area (Å²) in [7, 11) is 1.26. The Kier molecular flexibility index (Phi) is 7.14. The molecule has 0 fully saturated rings. The summed E-state index contributed by atoms with van der Waals surface area (Å²) in [5.74, 6) is -0.0790. The number of phenols is 1. The summed E-state index contributed by atoms with van der Waals surface area (Å²) in [6.45, 7) is 1.95. The van der Waals surface area contributed by atoms with Crippen molar-refractivity contribution in [3.8, 4) is 23.0 Å². The first kappa shape index (κ1) is 20.5. The molecule has 0 unspecified atom stereocenters. The first-order valence-electron chi connectivity index (χ1n) is 8.18. The minimum Gasteiger partial charge on any atom is -0.504 e. The number of carbonyl (C=O) groups excluding carboxylic acids is 1. The first-order valence-corrected chi connectivity index (χ1v) is 8.18. The van der Waals surface area contributed by atoms with Gasteiger partial charge in [0, 0.05) is 11.6 Å². The topological polar surface area (TPSA) is 133 Å². The Labute approximate surface area is 160 Å². The number of rotatable bonds is 9. The number of para-hydroxylation sites is 2. The maximum Gasteiger partial charge on any atom is 0.277 e. The summed E-state index contributed by atoms with van der Waals surface area (Å²) in [6, 6.07) is 9.08. The highest BCUT2D eigenvalue weighted by Gasteiger charge is 2.16. The number of non-ortho nitro benzene ring substituents is 1. The number of hydrogen-bond acceptors (Lipinski definition) is 8. The third-order valence-corrected chi connectivity index (χ3v) is 3.42. The average Bonchev–Trinajstić information content (AvgIpc) is 2.68. The van der Waals surface area contributed by atoms with Gasteiger partial charge in [-0.25, -0.2) is 5.43 Å². The smallest absolute Gasteiger partial charge is 0.277 e. The molecular formula is C18H19N3O7. The van der Waals surface area contributed by atoms with Crippen LogP contribution in [0.1, 0.15) is 12.5 Å². The highest BCUT2D eigenvalue weighted by Crippen LogP contribution is 2.33. The highest BCUT2D eigenvalue weighted by atomic mass is 16.6. The normalized spacial score (nSPS) is 10.5. The predicted molar refractivity (Wildman–Crippen MR) is 100 cm³/mol. The molecule has 0 spiro atoms. The largest absolute Gasteiger partial charge is 0.504 e. The zero-order valence-electron chi connectivity index (χ0n) is 15.2. The molecule has 0 saturated carbocycles. The second kappa shape index (κ2) is 9.76. The van der Waals surface area contributed by atoms with E-state index in [-0.39, 0.29) is 29.4 Å². The van der Waals surface area contributed by atoms with Gasteiger partial charge in [-0.2, -0.15) is 5.10 Å². The fraction of sp³-hybridized carbons (Fsp3) is 0.222. The Morgan fingerprint density at radius 3 is 2.54 bits per heavy atom. The first-order chi connectivity index (χ1) is 13.5. The molecule has 0 heterocycles. The third-order valence-electron chi connectivity index (χ3n) is 3.42. The second-order valence-corrected chi connectivity index (χ2v) is 5.30. The van der Waals surface area contributed by atoms with Gasteiger partial charge < -0.3 is 19.3 Å². The Bertz CT molecular complexity index is 883. The van der Waals surface area contributed by atoms with Gasteiger partial charge in [-0.3, -0.25) is 14.9 Å². The van der Waals surface area contributed by atoms with Gasteiger partial charge in [0.2, 0.25) is 0 Å². The molecule has 0 aliphatic carbocycles. The number of methoxy groups -OCH3 is 1. The zero-order chi connectivity index (χ0) is 20.5. The Morgan fingerprint density at radius 1 is 1.25 bits per heavy atom. The van der Waals surface area contributed by atoms with Crippen LogP contribution in [-0.4, -0.2) is 42.5 Å². The van der Waals surface area contributed by atoms with E-state index in [4.69, 9.17) is 14.2 Å². The predicted octanol–water partition coefficient (Wildman–Crippen LogP) is 2.24. The number of hydrazone groups is 1. The van der Waals surface area contributed by atoms with E-state index in [0.717, 1.165) is 18.3 Å². The molecule has 10 heteroatoms. The van der Waals surface area contributed by atoms with Crippen LogP contribution in [0.5, 0.6) is 23.0 Å². The molecule has 0 bridgehead atoms. The summed E-state index contributed by atoms with van der Waals surface area (Å²) < 4.78 is 15.7. The van der Waals surface area contributed by atoms with Crippen LogP contribution in [0.3, 0.4) is 0 Å². The van der Waals surface area contributed by atoms with E-state index in [1.807, 2.05) is 6.92 Å². The molecule has 0 atom stereocenters. The fourth-order valence-corrected chi connectivity index (χ4v) is 2.17. The maximum absolute atomic E-state index is 11.9. The van der Waals surface area contributed by atoms with Crippen molar-refractivity contribution in [2.75, 3.05) is 20.3 Å². The van der Waals surface area contributed by atoms with Crippen LogP contribution in [0.2, 0.25) is 0 Å². The number of nitrogens with one attached hydrogen (secondary N) is 1. The molecule has 0 aliphatic rings. The van der Waals surface area contributed by atoms with E-state index in [2.05, 4.69) is 10.5 Å². The highest BCUT2D eigenvalue weighted by molar-refractivity contribution is 5.87. The summed E-state index contributed by atoms with van der Waals surface area (Å²) in [4.78, 5) is 22.2. The summed E-state index contributed by atoms with van der Waals surface area (Å²) >= 11 is 0. The van der Waals surface area contributed by atoms with Gasteiger partial charge in [0.1, 0.15) is 0 Å². The zero-order valence-corrected chi connectivity index (χ0v) is 15.2. The van der Waals surface area contributed by atoms with E-state index in [1.54, 1.807) is 24.3 Å². The molecule has 2 aromatic carbocycles. The molecule has 148 valence electrons. The molecule has 2 N–H and O–H groups in total. The fourth-order valence-electron chi connectivity index (χ4n) is 2.17. The van der Waals surface area contributed by atoms with E-state index < -0.39 is 10.8 Å². The van der Waals surface area contributed by atoms with Gasteiger partial charge in [-0.05, 0) is 19.1 Å². The van der Waals surface area contributed by atoms with Crippen LogP contribution >= 0.6 is 0 Å². The number of ether oxygens (including phenoxy) is 3. The quantitative estimate of drug-likeness (QED) is 0.382. The van der Waals surface area contributed by atoms with Gasteiger partial charge in [0.15, 0.2) is 29.6 Å². The van der Waals surface area contributed by atoms with E-state index in [0.29, 0.717) is 18.1 Å². The summed E-state index contributed by atoms with van der Waals surface area (Å²) in [6.07, 6.45) is 1.07. The van der Waals surface area contributed by atoms with Gasteiger partial charge >= 0.3 is 0 Å². The number of carbonyl (C=O) groups is 1. The van der Waals surface area contributed by atoms with E-state index >= 15 is 0 Å². The van der Waals surface area contributed by atoms with Crippen molar-refractivity contribution in [1.82, 2.24) is 5.43 Å². The minimum absolute atomic E-state index is 0.00830. The van der Waals surface area contributed by atoms with Crippen LogP contribution < -0.4 is 19.6 Å². The lowest BCUT2D eigenvalue weighted by molar-refractivity contribution is -0.385. The Balaban J connectivity index is 2.00. The SMILES string of the molecule is CCOc1ccccc1OCC(=O)NN=Cc1cc([N+](=O)[O-])cc(OC)c1O. The lowest BCUT2D eigenvalue weighted by Crippen LogP contribution is -2.24. The van der Waals surface area contributed by atoms with Gasteiger partial charge in [0.05, 0.1) is 30.9 Å². The van der Waals surface area contributed by atoms with E-state index in [9.17, 15) is 20.0 Å². The van der Waals surface area contributed by atoms with E-state index in [1.165, 1.54) is 7.11 Å². The molecule has 0 aliphatic heterocycles. The Hall–Kier alpha value is -3.82. The maximum atomic E-state index is 11.9. The molecule has 2 aromatic rings. The second-order valence-electron chi connectivity index (χ2n) is 5.30. The van der Waals surface area contributed by atoms with Crippen LogP contribution in [0.4, 0.5) is 5.69 Å². The number of aromatic hydroxyl groups is 1. The standard InChI is InChI=1S/C18H19N3O7/c1-3-27-14-6-4-5-7-15(14)28-11-17(22)20-19-10-12-8-13(21(24)25)9-16(26-2)18(12)23/h4-10,23H,3,11H2,1-2H3,(H,20,22). The Morgan fingerprint density at radius 2 is 1.93 bits per heavy atom. The number of nitro groups is 1. The lowest BCUT2D eigenvalue weighted by atomic mass is 10.2. The summed E-state index contributed by atoms with van der Waals surface area (Å²) in [5.41, 5.74) is 1.92. The van der Waals surface area contributed by atoms with Crippen LogP contribution in [0, 0.1) is 10.1 Å². The number of amides is 1. The van der Waals surface area contributed by atoms with Gasteiger partial charge in [-0.1, -0.05) is 12.1 Å². The van der Waals surface area contributed by atoms with Crippen molar-refractivity contribution in [3.63, 3.8) is 0 Å². The molecule has 0 aromatic heterocycles. The van der Waals surface area contributed by atoms with Crippen molar-refractivity contribution in [2.24, 2.45) is 5.10 Å². The number of benzene rings is 2. The lowest BCUT2D eigenvalue weighted by Gasteiger charge is -2.10. The van der Waals surface area contributed by atoms with Crippen molar-refractivity contribution in [2.45, 2.75) is 6.92 Å². The van der Waals surface area contributed by atoms with Gasteiger partial charge in [0.25, 0.3) is 11.6 Å². The molecule has 2 rings (SSSR count). The number of nitro benzene ring substituents is 1. The number of nitrogens with zero attached hydrogens (tertiary/aromatic N) is 2. The molecule has 1 amide bonds. The molecule has 10 nitrogen and oxygen atoms in total. The van der Waals surface area contributed by atoms with Crippen molar-refractivity contribution in [1.29, 1.82) is 0 Å². The third kappa shape index (κ3) is 5.34. The van der Waals surface area contributed by atoms with Crippen molar-refractivity contribution < 1.29 is 29.0 Å². The monoisotopic (exact) mass is 389 g/mol. The van der Waals surface area contributed by atoms with Crippen LogP contribution in [0.25, 0.3) is 0 Å². The minimum atomic E-state index is -0.637. The molecule has 28 heavy (non-hydrogen) atoms. The molecule has 0 saturated heterocycles. The molecule has 0 radical (unpaired) electrons. The molecular weight excluding hydrogens is 370 g/mol. The van der Waals surface area contributed by atoms with Crippen molar-refractivity contribution >= 4 is 17.8 Å². The summed E-state index contributed by atoms with van der Waals surface area (Å²) in [5, 5.41) is 24.6.